The molecule has 10 heteroatoms. The van der Waals surface area contributed by atoms with Crippen LogP contribution in [0.1, 0.15) is 32.6 Å². The lowest BCUT2D eigenvalue weighted by Gasteiger charge is -2.37. The van der Waals surface area contributed by atoms with E-state index in [4.69, 9.17) is 0 Å². The second-order valence-electron chi connectivity index (χ2n) is 8.47. The normalized spacial score (nSPS) is 24.5. The van der Waals surface area contributed by atoms with Gasteiger partial charge >= 0.3 is 6.03 Å². The number of carbonyl (C=O) groups excluding carboxylic acids is 4. The lowest BCUT2D eigenvalue weighted by atomic mass is 9.94. The Kier molecular flexibility index (Phi) is 5.88. The number of imide groups is 1. The van der Waals surface area contributed by atoms with Crippen LogP contribution in [0.5, 0.6) is 0 Å². The molecule has 31 heavy (non-hydrogen) atoms. The minimum atomic E-state index is -0.740. The van der Waals surface area contributed by atoms with Crippen LogP contribution < -0.4 is 5.32 Å². The molecule has 3 heterocycles. The number of carbonyl (C=O) groups is 4. The van der Waals surface area contributed by atoms with E-state index >= 15 is 0 Å². The Hall–Kier alpha value is -3.04. The van der Waals surface area contributed by atoms with Crippen molar-refractivity contribution < 1.29 is 23.8 Å². The third kappa shape index (κ3) is 4.11. The molecule has 3 fully saturated rings. The minimum Gasteiger partial charge on any atom is -0.352 e. The van der Waals surface area contributed by atoms with Gasteiger partial charge in [0.05, 0.1) is 13.1 Å². The Balaban J connectivity index is 1.55. The summed E-state index contributed by atoms with van der Waals surface area (Å²) in [7, 11) is 1.58. The highest BCUT2D eigenvalue weighted by Crippen LogP contribution is 2.24. The van der Waals surface area contributed by atoms with Crippen LogP contribution in [0.3, 0.4) is 0 Å². The van der Waals surface area contributed by atoms with Crippen LogP contribution in [0, 0.1) is 5.92 Å². The number of amides is 5. The van der Waals surface area contributed by atoms with Crippen molar-refractivity contribution in [2.45, 2.75) is 38.6 Å². The molecular formula is C21H29N6O4+. The zero-order valence-corrected chi connectivity index (χ0v) is 18.0. The summed E-state index contributed by atoms with van der Waals surface area (Å²) in [6.07, 6.45) is 7.41. The summed E-state index contributed by atoms with van der Waals surface area (Å²) >= 11 is 0. The molecule has 5 amide bonds. The van der Waals surface area contributed by atoms with Gasteiger partial charge in [-0.2, -0.15) is 0 Å². The summed E-state index contributed by atoms with van der Waals surface area (Å²) < 4.78 is 2.06. The summed E-state index contributed by atoms with van der Waals surface area (Å²) in [6.45, 7) is 3.59. The van der Waals surface area contributed by atoms with E-state index in [0.29, 0.717) is 32.0 Å². The predicted octanol–water partition coefficient (Wildman–Crippen LogP) is -0.203. The number of rotatable bonds is 3. The van der Waals surface area contributed by atoms with Crippen molar-refractivity contribution in [1.82, 2.24) is 20.0 Å². The lowest BCUT2D eigenvalue weighted by molar-refractivity contribution is -0.538. The van der Waals surface area contributed by atoms with E-state index in [1.165, 1.54) is 4.90 Å². The number of fused-ring (bicyclic) bond motifs is 1. The standard InChI is InChI=1S/C21H28N6O4/c1-14(28)25-9-11-26(12-10-25)16-7-8-22-19-18(16)20(30)27(21(31)24(19)2)13-17(29)23-15-5-3-4-6-15/h7-8,15,18H,3-6,9-13H2,1-2H3/p+1. The van der Waals surface area contributed by atoms with Crippen LogP contribution in [0.15, 0.2) is 17.3 Å². The molecule has 1 saturated carbocycles. The van der Waals surface area contributed by atoms with Gasteiger partial charge in [-0.3, -0.25) is 24.2 Å². The van der Waals surface area contributed by atoms with Crippen molar-refractivity contribution in [3.05, 3.63) is 12.3 Å². The van der Waals surface area contributed by atoms with Gasteiger partial charge in [0.2, 0.25) is 11.8 Å². The highest BCUT2D eigenvalue weighted by atomic mass is 16.2. The summed E-state index contributed by atoms with van der Waals surface area (Å²) in [5.74, 6) is -1.09. The number of nitrogens with one attached hydrogen (secondary N) is 1. The molecule has 1 unspecified atom stereocenters. The van der Waals surface area contributed by atoms with Gasteiger partial charge < -0.3 is 10.2 Å². The first-order chi connectivity index (χ1) is 14.9. The Labute approximate surface area is 181 Å². The molecule has 1 atom stereocenters. The highest BCUT2D eigenvalue weighted by Gasteiger charge is 2.49. The Morgan fingerprint density at radius 2 is 1.87 bits per heavy atom. The van der Waals surface area contributed by atoms with Gasteiger partial charge in [-0.15, -0.1) is 0 Å². The van der Waals surface area contributed by atoms with Gasteiger partial charge in [-0.05, 0) is 12.8 Å². The van der Waals surface area contributed by atoms with E-state index in [0.717, 1.165) is 36.3 Å². The van der Waals surface area contributed by atoms with Crippen molar-refractivity contribution >= 4 is 35.3 Å². The molecule has 4 rings (SSSR count). The summed E-state index contributed by atoms with van der Waals surface area (Å²) in [4.78, 5) is 58.8. The molecule has 0 aromatic carbocycles. The fourth-order valence-electron chi connectivity index (χ4n) is 4.74. The number of piperazine rings is 1. The van der Waals surface area contributed by atoms with Crippen LogP contribution in [0.4, 0.5) is 4.79 Å². The molecule has 0 bridgehead atoms. The summed E-state index contributed by atoms with van der Waals surface area (Å²) in [5.41, 5.74) is 0.749. The molecule has 2 saturated heterocycles. The van der Waals surface area contributed by atoms with Crippen molar-refractivity contribution in [3.8, 4) is 0 Å². The predicted molar refractivity (Wildman–Crippen MR) is 113 cm³/mol. The molecule has 4 aliphatic rings. The number of hydrogen-bond donors (Lipinski definition) is 1. The topological polar surface area (TPSA) is 105 Å². The largest absolute Gasteiger partial charge is 0.352 e. The van der Waals surface area contributed by atoms with Crippen LogP contribution in [-0.4, -0.2) is 100 Å². The number of urea groups is 1. The fourth-order valence-corrected chi connectivity index (χ4v) is 4.74. The Bertz CT molecular complexity index is 892. The second kappa shape index (κ2) is 8.60. The van der Waals surface area contributed by atoms with E-state index in [9.17, 15) is 19.2 Å². The average molecular weight is 430 g/mol. The molecule has 0 spiro atoms. The van der Waals surface area contributed by atoms with E-state index < -0.39 is 17.9 Å². The van der Waals surface area contributed by atoms with Crippen molar-refractivity contribution in [3.63, 3.8) is 0 Å². The van der Waals surface area contributed by atoms with Gasteiger partial charge in [-0.1, -0.05) is 12.8 Å². The molecule has 1 N–H and O–H groups in total. The maximum absolute atomic E-state index is 13.4. The first kappa shape index (κ1) is 21.2. The third-order valence-electron chi connectivity index (χ3n) is 6.49. The molecule has 3 aliphatic heterocycles. The number of aliphatic imine (C=N–C) groups is 1. The number of amidine groups is 1. The summed E-state index contributed by atoms with van der Waals surface area (Å²) in [5, 5.41) is 2.94. The number of allylic oxidation sites excluding steroid dienone is 1. The van der Waals surface area contributed by atoms with Crippen LogP contribution in [0.2, 0.25) is 0 Å². The van der Waals surface area contributed by atoms with Gasteiger partial charge in [0.1, 0.15) is 12.4 Å². The van der Waals surface area contributed by atoms with Crippen molar-refractivity contribution in [1.29, 1.82) is 0 Å². The summed E-state index contributed by atoms with van der Waals surface area (Å²) in [6, 6.07) is -0.424. The lowest BCUT2D eigenvalue weighted by Crippen LogP contribution is -2.63. The zero-order chi connectivity index (χ0) is 22.1. The van der Waals surface area contributed by atoms with E-state index in [1.807, 2.05) is 0 Å². The number of nitrogens with zero attached hydrogens (tertiary/aromatic N) is 5. The van der Waals surface area contributed by atoms with Gasteiger partial charge in [0, 0.05) is 32.3 Å². The molecule has 0 aromatic rings. The first-order valence-electron chi connectivity index (χ1n) is 10.9. The number of hydrogen-bond acceptors (Lipinski definition) is 5. The Morgan fingerprint density at radius 1 is 1.19 bits per heavy atom. The SMILES string of the molecule is CC(=O)N1CC[N+](=C2C=CN=C3C2C(=O)N(CC(=O)NC2CCCC2)C(=O)N3C)CC1. The van der Waals surface area contributed by atoms with E-state index in [2.05, 4.69) is 14.9 Å². The molecule has 10 nitrogen and oxygen atoms in total. The van der Waals surface area contributed by atoms with E-state index in [-0.39, 0.29) is 24.4 Å². The van der Waals surface area contributed by atoms with Crippen LogP contribution >= 0.6 is 0 Å². The average Bonchev–Trinajstić information content (AvgIpc) is 3.27. The molecule has 166 valence electrons. The molecule has 0 aromatic heterocycles. The monoisotopic (exact) mass is 429 g/mol. The van der Waals surface area contributed by atoms with Gasteiger partial charge in [-0.25, -0.2) is 14.4 Å². The van der Waals surface area contributed by atoms with Gasteiger partial charge in [0.15, 0.2) is 24.7 Å². The first-order valence-corrected chi connectivity index (χ1v) is 10.9. The molecular weight excluding hydrogens is 400 g/mol. The van der Waals surface area contributed by atoms with Crippen molar-refractivity contribution in [2.24, 2.45) is 10.9 Å². The maximum Gasteiger partial charge on any atom is 0.332 e. The second-order valence-corrected chi connectivity index (χ2v) is 8.47. The molecule has 0 radical (unpaired) electrons. The van der Waals surface area contributed by atoms with Crippen LogP contribution in [0.25, 0.3) is 0 Å². The highest BCUT2D eigenvalue weighted by molar-refractivity contribution is 6.31. The smallest absolute Gasteiger partial charge is 0.332 e. The zero-order valence-electron chi connectivity index (χ0n) is 18.0. The molecule has 1 aliphatic carbocycles. The third-order valence-corrected chi connectivity index (χ3v) is 6.49. The Morgan fingerprint density at radius 3 is 2.52 bits per heavy atom. The van der Waals surface area contributed by atoms with Crippen LogP contribution in [-0.2, 0) is 14.4 Å². The fraction of sp³-hybridized carbons (Fsp3) is 0.619. The van der Waals surface area contributed by atoms with Gasteiger partial charge in [0.25, 0.3) is 5.91 Å². The quantitative estimate of drug-likeness (QED) is 0.627. The minimum absolute atomic E-state index is 0.0320. The van der Waals surface area contributed by atoms with Crippen molar-refractivity contribution in [2.75, 3.05) is 39.8 Å². The van der Waals surface area contributed by atoms with E-state index in [1.54, 1.807) is 31.1 Å². The maximum atomic E-state index is 13.4.